The molecule has 0 bridgehead atoms. The number of carbonyl (C=O) groups excluding carboxylic acids is 1. The summed E-state index contributed by atoms with van der Waals surface area (Å²) in [5, 5.41) is 0. The van der Waals surface area contributed by atoms with Gasteiger partial charge in [0.15, 0.2) is 5.75 Å². The average Bonchev–Trinajstić information content (AvgIpc) is 3.26. The third-order valence-electron chi connectivity index (χ3n) is 6.41. The summed E-state index contributed by atoms with van der Waals surface area (Å²) in [5.41, 5.74) is -7.71. The maximum atomic E-state index is 13.3. The van der Waals surface area contributed by atoms with E-state index in [-0.39, 0.29) is 18.7 Å². The van der Waals surface area contributed by atoms with Crippen molar-refractivity contribution in [1.29, 1.82) is 0 Å². The molecule has 4 rings (SSSR count). The highest BCUT2D eigenvalue weighted by atomic mass is 32.2. The molecule has 0 aliphatic carbocycles. The zero-order valence-electron chi connectivity index (χ0n) is 22.6. The van der Waals surface area contributed by atoms with Gasteiger partial charge in [-0.05, 0) is 69.0 Å². The molecule has 0 unspecified atom stereocenters. The Hall–Kier alpha value is -3.46. The number of hydrogen-bond donors (Lipinski definition) is 0. The number of benzene rings is 2. The summed E-state index contributed by atoms with van der Waals surface area (Å²) < 4.78 is 122. The molecule has 2 heterocycles. The van der Waals surface area contributed by atoms with Crippen LogP contribution in [0.1, 0.15) is 50.8 Å². The van der Waals surface area contributed by atoms with Crippen molar-refractivity contribution in [1.82, 2.24) is 4.90 Å². The first-order valence-corrected chi connectivity index (χ1v) is 14.0. The lowest BCUT2D eigenvalue weighted by Crippen LogP contribution is -2.53. The summed E-state index contributed by atoms with van der Waals surface area (Å²) in [4.78, 5) is 14.7. The van der Waals surface area contributed by atoms with Crippen LogP contribution < -0.4 is 8.92 Å². The van der Waals surface area contributed by atoms with E-state index in [2.05, 4.69) is 8.92 Å². The van der Waals surface area contributed by atoms with Crippen LogP contribution >= 0.6 is 0 Å². The Bertz CT molecular complexity index is 1450. The fraction of sp³-hybridized carbons (Fsp3) is 0.444. The molecule has 0 saturated carbocycles. The van der Waals surface area contributed by atoms with E-state index in [1.807, 2.05) is 0 Å². The highest BCUT2D eigenvalue weighted by molar-refractivity contribution is 7.88. The summed E-state index contributed by atoms with van der Waals surface area (Å²) in [6, 6.07) is 9.87. The van der Waals surface area contributed by atoms with E-state index in [4.69, 9.17) is 9.47 Å². The van der Waals surface area contributed by atoms with Crippen molar-refractivity contribution in [3.8, 4) is 11.5 Å². The molecule has 0 aromatic heterocycles. The second-order valence-corrected chi connectivity index (χ2v) is 12.2. The lowest BCUT2D eigenvalue weighted by atomic mass is 9.80. The van der Waals surface area contributed by atoms with Gasteiger partial charge in [0, 0.05) is 12.1 Å². The molecule has 2 atom stereocenters. The first kappa shape index (κ1) is 31.5. The highest BCUT2D eigenvalue weighted by Crippen LogP contribution is 2.49. The van der Waals surface area contributed by atoms with Crippen LogP contribution in [0.25, 0.3) is 5.57 Å². The third-order valence-corrected chi connectivity index (χ3v) is 7.38. The lowest BCUT2D eigenvalue weighted by Gasteiger charge is -2.47. The van der Waals surface area contributed by atoms with Gasteiger partial charge in [-0.3, -0.25) is 4.90 Å². The second-order valence-electron chi connectivity index (χ2n) is 10.7. The molecule has 42 heavy (non-hydrogen) atoms. The summed E-state index contributed by atoms with van der Waals surface area (Å²) in [5.74, 6) is -1.71. The molecule has 2 aromatic rings. The SMILES string of the molecule is CC(C)(C)OC(=O)N1CCC[C@@]2(C=C(c3cc(OC(F)(F)F)ccc3OS(=O)(=O)C(F)(F)F)CO2)[C@@H]1c1ccccc1. The summed E-state index contributed by atoms with van der Waals surface area (Å²) in [7, 11) is -6.18. The zero-order valence-corrected chi connectivity index (χ0v) is 23.4. The Morgan fingerprint density at radius 2 is 1.69 bits per heavy atom. The Kier molecular flexibility index (Phi) is 8.23. The van der Waals surface area contributed by atoms with Gasteiger partial charge in [-0.2, -0.15) is 21.6 Å². The predicted molar refractivity (Wildman–Crippen MR) is 137 cm³/mol. The molecule has 1 amide bonds. The van der Waals surface area contributed by atoms with Gasteiger partial charge in [-0.25, -0.2) is 4.79 Å². The number of piperidine rings is 1. The van der Waals surface area contributed by atoms with Crippen LogP contribution in [-0.2, 0) is 19.6 Å². The molecule has 1 spiro atoms. The van der Waals surface area contributed by atoms with E-state index in [0.29, 0.717) is 30.5 Å². The fourth-order valence-electron chi connectivity index (χ4n) is 4.91. The number of rotatable bonds is 5. The molecule has 230 valence electrons. The van der Waals surface area contributed by atoms with Crippen LogP contribution in [0.15, 0.2) is 54.6 Å². The first-order chi connectivity index (χ1) is 19.3. The largest absolute Gasteiger partial charge is 0.573 e. The zero-order chi connectivity index (χ0) is 31.1. The quantitative estimate of drug-likeness (QED) is 0.207. The maximum Gasteiger partial charge on any atom is 0.573 e. The van der Waals surface area contributed by atoms with Crippen LogP contribution in [0.5, 0.6) is 11.5 Å². The van der Waals surface area contributed by atoms with Crippen molar-refractivity contribution in [3.63, 3.8) is 0 Å². The Morgan fingerprint density at radius 1 is 1.02 bits per heavy atom. The van der Waals surface area contributed by atoms with Gasteiger partial charge in [0.05, 0.1) is 12.6 Å². The average molecular weight is 624 g/mol. The maximum absolute atomic E-state index is 13.3. The molecular formula is C27H27F6NO7S. The number of nitrogens with zero attached hydrogens (tertiary/aromatic N) is 1. The number of halogens is 6. The number of carbonyl (C=O) groups is 1. The standard InChI is InChI=1S/C27H27F6NO7S/c1-24(2,3)40-23(35)34-13-7-12-25(22(34)17-8-5-4-6-9-17)15-18(16-38-25)20-14-19(39-26(28,29)30)10-11-21(20)41-42(36,37)27(31,32)33/h4-6,8-11,14-15,22H,7,12-13,16H2,1-3H3/t22-,25+/m0/s1. The van der Waals surface area contributed by atoms with E-state index in [0.717, 1.165) is 6.07 Å². The third kappa shape index (κ3) is 6.94. The van der Waals surface area contributed by atoms with Gasteiger partial charge in [0.2, 0.25) is 0 Å². The van der Waals surface area contributed by atoms with Crippen molar-refractivity contribution < 1.29 is 57.9 Å². The lowest BCUT2D eigenvalue weighted by molar-refractivity contribution is -0.274. The molecule has 1 fully saturated rings. The van der Waals surface area contributed by atoms with Crippen molar-refractivity contribution in [2.24, 2.45) is 0 Å². The van der Waals surface area contributed by atoms with Gasteiger partial charge in [0.25, 0.3) is 0 Å². The molecule has 2 aliphatic rings. The second kappa shape index (κ2) is 11.0. The summed E-state index contributed by atoms with van der Waals surface area (Å²) in [6.45, 7) is 5.00. The van der Waals surface area contributed by atoms with Gasteiger partial charge < -0.3 is 18.4 Å². The molecule has 2 aromatic carbocycles. The minimum absolute atomic E-state index is 0.0296. The van der Waals surface area contributed by atoms with E-state index in [1.54, 1.807) is 51.1 Å². The molecule has 0 radical (unpaired) electrons. The monoisotopic (exact) mass is 623 g/mol. The highest BCUT2D eigenvalue weighted by Gasteiger charge is 2.52. The Labute approximate surface area is 237 Å². The predicted octanol–water partition coefficient (Wildman–Crippen LogP) is 6.74. The first-order valence-electron chi connectivity index (χ1n) is 12.6. The van der Waals surface area contributed by atoms with Crippen LogP contribution in [-0.4, -0.2) is 55.6 Å². The van der Waals surface area contributed by atoms with E-state index in [9.17, 15) is 39.6 Å². The summed E-state index contributed by atoms with van der Waals surface area (Å²) >= 11 is 0. The van der Waals surface area contributed by atoms with E-state index >= 15 is 0 Å². The van der Waals surface area contributed by atoms with Crippen molar-refractivity contribution in [2.45, 2.75) is 62.7 Å². The molecule has 0 N–H and O–H groups in total. The summed E-state index contributed by atoms with van der Waals surface area (Å²) in [6.07, 6.45) is -3.60. The Morgan fingerprint density at radius 3 is 2.29 bits per heavy atom. The van der Waals surface area contributed by atoms with E-state index in [1.165, 1.54) is 11.0 Å². The van der Waals surface area contributed by atoms with Crippen LogP contribution in [0.2, 0.25) is 0 Å². The molecular weight excluding hydrogens is 596 g/mol. The molecule has 2 aliphatic heterocycles. The van der Waals surface area contributed by atoms with Crippen molar-refractivity contribution >= 4 is 21.8 Å². The minimum atomic E-state index is -6.18. The van der Waals surface area contributed by atoms with Gasteiger partial charge in [0.1, 0.15) is 17.0 Å². The van der Waals surface area contributed by atoms with Crippen LogP contribution in [0.3, 0.4) is 0 Å². The Balaban J connectivity index is 1.83. The van der Waals surface area contributed by atoms with Gasteiger partial charge in [-0.1, -0.05) is 30.3 Å². The molecule has 1 saturated heterocycles. The van der Waals surface area contributed by atoms with Gasteiger partial charge in [-0.15, -0.1) is 13.2 Å². The van der Waals surface area contributed by atoms with Crippen molar-refractivity contribution in [3.05, 3.63) is 65.7 Å². The number of alkyl halides is 6. The van der Waals surface area contributed by atoms with Crippen LogP contribution in [0, 0.1) is 0 Å². The topological polar surface area (TPSA) is 91.4 Å². The van der Waals surface area contributed by atoms with Gasteiger partial charge >= 0.3 is 28.1 Å². The normalized spacial score (nSPS) is 21.7. The number of likely N-dealkylation sites (tertiary alicyclic amines) is 1. The van der Waals surface area contributed by atoms with E-state index < -0.39 is 62.4 Å². The minimum Gasteiger partial charge on any atom is -0.444 e. The van der Waals surface area contributed by atoms with Crippen LogP contribution in [0.4, 0.5) is 31.1 Å². The number of amides is 1. The number of hydrogen-bond acceptors (Lipinski definition) is 7. The number of ether oxygens (including phenoxy) is 3. The van der Waals surface area contributed by atoms with Crippen molar-refractivity contribution in [2.75, 3.05) is 13.2 Å². The fourth-order valence-corrected chi connectivity index (χ4v) is 5.39. The molecule has 8 nitrogen and oxygen atoms in total. The smallest absolute Gasteiger partial charge is 0.444 e. The molecule has 15 heteroatoms.